The smallest absolute Gasteiger partial charge is 0.339 e. The van der Waals surface area contributed by atoms with Gasteiger partial charge in [-0.15, -0.1) is 0 Å². The third-order valence-corrected chi connectivity index (χ3v) is 5.48. The van der Waals surface area contributed by atoms with Gasteiger partial charge in [0, 0.05) is 6.07 Å². The summed E-state index contributed by atoms with van der Waals surface area (Å²) in [5, 5.41) is 0. The van der Waals surface area contributed by atoms with E-state index in [2.05, 4.69) is 14.2 Å². The van der Waals surface area contributed by atoms with Gasteiger partial charge < -0.3 is 18.9 Å². The van der Waals surface area contributed by atoms with E-state index in [-0.39, 0.29) is 16.8 Å². The zero-order valence-corrected chi connectivity index (χ0v) is 17.4. The van der Waals surface area contributed by atoms with Crippen LogP contribution >= 0.6 is 0 Å². The normalized spacial score (nSPS) is 10.8. The zero-order valence-electron chi connectivity index (χ0n) is 16.6. The van der Waals surface area contributed by atoms with Crippen molar-refractivity contribution in [2.24, 2.45) is 0 Å². The summed E-state index contributed by atoms with van der Waals surface area (Å²) in [4.78, 5) is 23.5. The molecule has 0 spiro atoms. The molecule has 9 nitrogen and oxygen atoms in total. The topological polar surface area (TPSA) is 117 Å². The van der Waals surface area contributed by atoms with Crippen molar-refractivity contribution >= 4 is 27.6 Å². The fourth-order valence-corrected chi connectivity index (χ4v) is 3.90. The van der Waals surface area contributed by atoms with E-state index >= 15 is 0 Å². The van der Waals surface area contributed by atoms with Crippen LogP contribution in [0.3, 0.4) is 0 Å². The molecule has 0 aliphatic rings. The van der Waals surface area contributed by atoms with E-state index in [0.717, 1.165) is 20.3 Å². The van der Waals surface area contributed by atoms with Gasteiger partial charge in [-0.2, -0.15) is 0 Å². The average Bonchev–Trinajstić information content (AvgIpc) is 2.72. The first-order valence-electron chi connectivity index (χ1n) is 8.24. The van der Waals surface area contributed by atoms with Gasteiger partial charge in [-0.1, -0.05) is 0 Å². The van der Waals surface area contributed by atoms with E-state index in [0.29, 0.717) is 17.1 Å². The molecule has 2 aromatic rings. The van der Waals surface area contributed by atoms with E-state index in [9.17, 15) is 18.0 Å². The van der Waals surface area contributed by atoms with E-state index in [1.165, 1.54) is 32.4 Å². The number of benzene rings is 2. The van der Waals surface area contributed by atoms with Gasteiger partial charge in [0.05, 0.1) is 45.3 Å². The number of nitrogens with one attached hydrogen (secondary N) is 1. The highest BCUT2D eigenvalue weighted by molar-refractivity contribution is 7.92. The fourth-order valence-electron chi connectivity index (χ4n) is 2.56. The van der Waals surface area contributed by atoms with Crippen LogP contribution in [0.2, 0.25) is 0 Å². The van der Waals surface area contributed by atoms with Crippen molar-refractivity contribution in [2.75, 3.05) is 33.2 Å². The quantitative estimate of drug-likeness (QED) is 0.675. The van der Waals surface area contributed by atoms with Crippen LogP contribution in [-0.4, -0.2) is 48.8 Å². The van der Waals surface area contributed by atoms with Gasteiger partial charge >= 0.3 is 11.9 Å². The largest absolute Gasteiger partial charge is 0.493 e. The highest BCUT2D eigenvalue weighted by atomic mass is 32.2. The summed E-state index contributed by atoms with van der Waals surface area (Å²) >= 11 is 0. The summed E-state index contributed by atoms with van der Waals surface area (Å²) in [6, 6.07) is 6.57. The number of hydrogen-bond donors (Lipinski definition) is 1. The second kappa shape index (κ2) is 8.82. The maximum Gasteiger partial charge on any atom is 0.339 e. The summed E-state index contributed by atoms with van der Waals surface area (Å²) in [7, 11) is 0.879. The highest BCUT2D eigenvalue weighted by Crippen LogP contribution is 2.34. The minimum Gasteiger partial charge on any atom is -0.493 e. The lowest BCUT2D eigenvalue weighted by Crippen LogP contribution is -2.19. The van der Waals surface area contributed by atoms with Gasteiger partial charge in [-0.3, -0.25) is 4.72 Å². The van der Waals surface area contributed by atoms with Gasteiger partial charge in [0.2, 0.25) is 0 Å². The number of aryl methyl sites for hydroxylation is 1. The fraction of sp³-hybridized carbons (Fsp3) is 0.263. The molecule has 0 radical (unpaired) electrons. The molecule has 0 amide bonds. The number of carbonyl (C=O) groups is 2. The third kappa shape index (κ3) is 4.60. The van der Waals surface area contributed by atoms with E-state index in [1.807, 2.05) is 0 Å². The molecule has 0 bridgehead atoms. The van der Waals surface area contributed by atoms with Crippen molar-refractivity contribution in [3.63, 3.8) is 0 Å². The third-order valence-electron chi connectivity index (χ3n) is 4.07. The Kier molecular flexibility index (Phi) is 6.70. The number of hydrogen-bond acceptors (Lipinski definition) is 8. The van der Waals surface area contributed by atoms with E-state index in [1.54, 1.807) is 13.0 Å². The van der Waals surface area contributed by atoms with Crippen LogP contribution in [0, 0.1) is 6.92 Å². The number of methoxy groups -OCH3 is 4. The predicted molar refractivity (Wildman–Crippen MR) is 104 cm³/mol. The first kappa shape index (κ1) is 22.0. The second-order valence-electron chi connectivity index (χ2n) is 5.82. The van der Waals surface area contributed by atoms with Crippen LogP contribution in [0.5, 0.6) is 11.5 Å². The lowest BCUT2D eigenvalue weighted by atomic mass is 10.1. The number of ether oxygens (including phenoxy) is 4. The van der Waals surface area contributed by atoms with Crippen molar-refractivity contribution < 1.29 is 37.0 Å². The van der Waals surface area contributed by atoms with Gasteiger partial charge in [0.1, 0.15) is 4.90 Å². The summed E-state index contributed by atoms with van der Waals surface area (Å²) in [6.07, 6.45) is 0. The molecule has 0 heterocycles. The Morgan fingerprint density at radius 3 is 2.00 bits per heavy atom. The van der Waals surface area contributed by atoms with Crippen LogP contribution < -0.4 is 14.2 Å². The molecule has 156 valence electrons. The van der Waals surface area contributed by atoms with Crippen LogP contribution in [0.25, 0.3) is 0 Å². The number of rotatable bonds is 7. The lowest BCUT2D eigenvalue weighted by Gasteiger charge is -2.16. The Labute approximate surface area is 168 Å². The molecule has 2 aromatic carbocycles. The first-order valence-corrected chi connectivity index (χ1v) is 9.73. The monoisotopic (exact) mass is 423 g/mol. The molecule has 1 N–H and O–H groups in total. The summed E-state index contributed by atoms with van der Waals surface area (Å²) in [5.41, 5.74) is 0.493. The van der Waals surface area contributed by atoms with Crippen LogP contribution in [0.4, 0.5) is 5.69 Å². The Hall–Kier alpha value is -3.27. The molecule has 0 saturated carbocycles. The van der Waals surface area contributed by atoms with Gasteiger partial charge in [-0.05, 0) is 36.8 Å². The highest BCUT2D eigenvalue weighted by Gasteiger charge is 2.26. The van der Waals surface area contributed by atoms with Crippen LogP contribution in [-0.2, 0) is 19.5 Å². The zero-order chi connectivity index (χ0) is 21.8. The van der Waals surface area contributed by atoms with Crippen molar-refractivity contribution in [3.8, 4) is 11.5 Å². The minimum atomic E-state index is -4.29. The van der Waals surface area contributed by atoms with E-state index in [4.69, 9.17) is 9.47 Å². The van der Waals surface area contributed by atoms with Gasteiger partial charge in [0.15, 0.2) is 11.5 Å². The van der Waals surface area contributed by atoms with Crippen LogP contribution in [0.15, 0.2) is 35.2 Å². The van der Waals surface area contributed by atoms with Crippen molar-refractivity contribution in [1.82, 2.24) is 0 Å². The van der Waals surface area contributed by atoms with Crippen molar-refractivity contribution in [1.29, 1.82) is 0 Å². The summed E-state index contributed by atoms with van der Waals surface area (Å²) < 4.78 is 48.2. The predicted octanol–water partition coefficient (Wildman–Crippen LogP) is 2.39. The minimum absolute atomic E-state index is 0.0374. The Bertz CT molecular complexity index is 1050. The van der Waals surface area contributed by atoms with Gasteiger partial charge in [0.25, 0.3) is 10.0 Å². The molecule has 0 aliphatic heterocycles. The number of sulfonamides is 1. The molecule has 0 atom stereocenters. The maximum atomic E-state index is 13.1. The number of carbonyl (C=O) groups excluding carboxylic acids is 2. The van der Waals surface area contributed by atoms with Crippen LogP contribution in [0.1, 0.15) is 26.3 Å². The van der Waals surface area contributed by atoms with Gasteiger partial charge in [-0.25, -0.2) is 18.0 Å². The molecule has 0 aliphatic carbocycles. The number of anilines is 1. The standard InChI is InChI=1S/C19H21NO8S/c1-11-8-15(25-2)16(26-3)10-14(11)20-29(23,24)17-9-12(18(21)27-4)6-7-13(17)19(22)28-5/h6-10,20H,1-5H3. The van der Waals surface area contributed by atoms with Crippen molar-refractivity contribution in [3.05, 3.63) is 47.0 Å². The average molecular weight is 423 g/mol. The Morgan fingerprint density at radius 2 is 1.45 bits per heavy atom. The molecule has 0 fully saturated rings. The number of esters is 2. The first-order chi connectivity index (χ1) is 13.7. The summed E-state index contributed by atoms with van der Waals surface area (Å²) in [6.45, 7) is 1.67. The second-order valence-corrected chi connectivity index (χ2v) is 7.47. The Balaban J connectivity index is 2.60. The SMILES string of the molecule is COC(=O)c1ccc(C(=O)OC)c(S(=O)(=O)Nc2cc(OC)c(OC)cc2C)c1. The molecule has 0 unspecified atom stereocenters. The van der Waals surface area contributed by atoms with E-state index < -0.39 is 26.9 Å². The van der Waals surface area contributed by atoms with Crippen molar-refractivity contribution in [2.45, 2.75) is 11.8 Å². The molecule has 0 aromatic heterocycles. The molecular weight excluding hydrogens is 402 g/mol. The lowest BCUT2D eigenvalue weighted by molar-refractivity contribution is 0.0583. The summed E-state index contributed by atoms with van der Waals surface area (Å²) in [5.74, 6) is -0.880. The molecule has 0 saturated heterocycles. The molecule has 29 heavy (non-hydrogen) atoms. The maximum absolute atomic E-state index is 13.1. The molecular formula is C19H21NO8S. The Morgan fingerprint density at radius 1 is 0.862 bits per heavy atom. The molecule has 10 heteroatoms. The molecule has 2 rings (SSSR count).